The molecule has 2 aromatic rings. The maximum atomic E-state index is 12.3. The molecule has 0 spiro atoms. The number of hydrogen-bond donors (Lipinski definition) is 1. The van der Waals surface area contributed by atoms with Gasteiger partial charge in [-0.2, -0.15) is 4.98 Å². The fourth-order valence-electron chi connectivity index (χ4n) is 2.06. The Hall–Kier alpha value is -2.83. The first-order valence-corrected chi connectivity index (χ1v) is 7.30. The number of hydrogen-bond acceptors (Lipinski definition) is 6. The van der Waals surface area contributed by atoms with Crippen molar-refractivity contribution < 1.29 is 14.3 Å². The van der Waals surface area contributed by atoms with E-state index in [0.717, 1.165) is 10.1 Å². The number of benzene rings is 1. The Morgan fingerprint density at radius 3 is 2.78 bits per heavy atom. The van der Waals surface area contributed by atoms with E-state index in [1.165, 1.54) is 5.01 Å². The van der Waals surface area contributed by atoms with Crippen LogP contribution >= 0.6 is 11.6 Å². The molecule has 0 atom stereocenters. The average molecular weight is 334 g/mol. The van der Waals surface area contributed by atoms with Gasteiger partial charge in [-0.05, 0) is 5.56 Å². The van der Waals surface area contributed by atoms with Crippen LogP contribution in [-0.2, 0) is 11.4 Å². The number of halogens is 1. The summed E-state index contributed by atoms with van der Waals surface area (Å²) in [5.41, 5.74) is 3.40. The van der Waals surface area contributed by atoms with Crippen LogP contribution in [0.3, 0.4) is 0 Å². The highest BCUT2D eigenvalue weighted by molar-refractivity contribution is 6.18. The molecule has 0 radical (unpaired) electrons. The van der Waals surface area contributed by atoms with Gasteiger partial charge in [0.1, 0.15) is 6.61 Å². The lowest BCUT2D eigenvalue weighted by molar-refractivity contribution is 0.164. The normalized spacial score (nSPS) is 12.9. The van der Waals surface area contributed by atoms with E-state index in [4.69, 9.17) is 16.3 Å². The van der Waals surface area contributed by atoms with Crippen LogP contribution in [-0.4, -0.2) is 39.0 Å². The number of hydrazine groups is 1. The largest absolute Gasteiger partial charge is 0.470 e. The summed E-state index contributed by atoms with van der Waals surface area (Å²) in [5.74, 6) is 1.92. The third-order valence-electron chi connectivity index (χ3n) is 3.14. The zero-order chi connectivity index (χ0) is 16.2. The van der Waals surface area contributed by atoms with E-state index in [2.05, 4.69) is 15.6 Å². The number of aromatic nitrogens is 2. The molecule has 8 nitrogen and oxygen atoms in total. The maximum Gasteiger partial charge on any atom is 0.352 e. The van der Waals surface area contributed by atoms with E-state index >= 15 is 0 Å². The van der Waals surface area contributed by atoms with E-state index in [-0.39, 0.29) is 35.9 Å². The first-order valence-electron chi connectivity index (χ1n) is 6.76. The molecule has 23 heavy (non-hydrogen) atoms. The number of imidazole rings is 1. The number of alkyl halides is 1. The molecule has 1 N–H and O–H groups in total. The standard InChI is InChI=1S/C14H12ClN5O3/c15-6-7-19-14(22)20-11(8-21)16-13(12(20)17-18-19)23-9-10-4-2-1-3-5-10/h1-5,18H,6-7,9H2. The quantitative estimate of drug-likeness (QED) is 0.747. The number of nitrogens with zero attached hydrogens (tertiary/aromatic N) is 4. The summed E-state index contributed by atoms with van der Waals surface area (Å²) in [6, 6.07) is 8.91. The van der Waals surface area contributed by atoms with Gasteiger partial charge < -0.3 is 4.74 Å². The maximum absolute atomic E-state index is 12.3. The number of nitrogens with one attached hydrogen (secondary N) is 1. The third-order valence-corrected chi connectivity index (χ3v) is 3.31. The lowest BCUT2D eigenvalue weighted by Crippen LogP contribution is -2.54. The van der Waals surface area contributed by atoms with Gasteiger partial charge in [0.25, 0.3) is 5.88 Å². The lowest BCUT2D eigenvalue weighted by Gasteiger charge is -2.22. The summed E-state index contributed by atoms with van der Waals surface area (Å²) in [4.78, 5) is 27.3. The number of ether oxygens (including phenoxy) is 1. The Morgan fingerprint density at radius 1 is 1.30 bits per heavy atom. The zero-order valence-electron chi connectivity index (χ0n) is 11.9. The smallest absolute Gasteiger partial charge is 0.352 e. The minimum absolute atomic E-state index is 0.0820. The van der Waals surface area contributed by atoms with Gasteiger partial charge in [0.05, 0.1) is 6.54 Å². The number of carbonyl (C=O) groups excluding carboxylic acids is 2. The predicted molar refractivity (Wildman–Crippen MR) is 79.9 cm³/mol. The zero-order valence-corrected chi connectivity index (χ0v) is 12.7. The minimum atomic E-state index is -0.518. The van der Waals surface area contributed by atoms with E-state index in [9.17, 15) is 9.59 Å². The minimum Gasteiger partial charge on any atom is -0.470 e. The molecule has 0 unspecified atom stereocenters. The Morgan fingerprint density at radius 2 is 2.09 bits per heavy atom. The third kappa shape index (κ3) is 2.90. The summed E-state index contributed by atoms with van der Waals surface area (Å²) >= 11 is 5.62. The van der Waals surface area contributed by atoms with Crippen molar-refractivity contribution in [3.8, 4) is 5.88 Å². The van der Waals surface area contributed by atoms with Gasteiger partial charge in [-0.1, -0.05) is 30.3 Å². The molecule has 9 heteroatoms. The Kier molecular flexibility index (Phi) is 4.27. The van der Waals surface area contributed by atoms with Gasteiger partial charge in [0.2, 0.25) is 11.0 Å². The number of rotatable bonds is 5. The monoisotopic (exact) mass is 333 g/mol. The summed E-state index contributed by atoms with van der Waals surface area (Å²) in [5, 5.41) is 5.19. The van der Waals surface area contributed by atoms with Crippen LogP contribution in [0.15, 0.2) is 35.4 Å². The van der Waals surface area contributed by atoms with Crippen molar-refractivity contribution in [1.29, 1.82) is 0 Å². The van der Waals surface area contributed by atoms with E-state index in [0.29, 0.717) is 0 Å². The van der Waals surface area contributed by atoms with E-state index in [1.54, 1.807) is 5.94 Å². The topological polar surface area (TPSA) is 88.8 Å². The van der Waals surface area contributed by atoms with Gasteiger partial charge in [0, 0.05) is 5.88 Å². The molecule has 1 aromatic heterocycles. The van der Waals surface area contributed by atoms with Crippen LogP contribution in [0.1, 0.15) is 5.56 Å². The second-order valence-corrected chi connectivity index (χ2v) is 4.99. The molecule has 0 saturated carbocycles. The van der Waals surface area contributed by atoms with Gasteiger partial charge in [-0.15, -0.1) is 16.7 Å². The molecule has 1 aliphatic rings. The van der Waals surface area contributed by atoms with Crippen molar-refractivity contribution in [2.24, 2.45) is 5.10 Å². The highest BCUT2D eigenvalue weighted by atomic mass is 35.5. The van der Waals surface area contributed by atoms with Crippen LogP contribution in [0.2, 0.25) is 0 Å². The van der Waals surface area contributed by atoms with Crippen molar-refractivity contribution in [2.75, 3.05) is 12.4 Å². The molecule has 3 rings (SSSR count). The SMILES string of the molecule is O=C=c1nc(OCc2ccccc2)c2n1C(=O)N(CCCl)NN=2. The molecular formula is C14H12ClN5O3. The predicted octanol–water partition coefficient (Wildman–Crippen LogP) is -0.473. The molecule has 0 fully saturated rings. The number of fused-ring (bicyclic) bond motifs is 1. The van der Waals surface area contributed by atoms with Crippen LogP contribution in [0.25, 0.3) is 0 Å². The van der Waals surface area contributed by atoms with Gasteiger partial charge in [-0.3, -0.25) is 0 Å². The van der Waals surface area contributed by atoms with Crippen molar-refractivity contribution >= 4 is 23.6 Å². The van der Waals surface area contributed by atoms with Crippen LogP contribution < -0.4 is 21.2 Å². The Bertz CT molecular complexity index is 861. The fraction of sp³-hybridized carbons (Fsp3) is 0.214. The molecule has 1 amide bonds. The second-order valence-electron chi connectivity index (χ2n) is 4.61. The Labute approximate surface area is 135 Å². The highest BCUT2D eigenvalue weighted by Gasteiger charge is 2.25. The first-order chi connectivity index (χ1) is 11.2. The van der Waals surface area contributed by atoms with Gasteiger partial charge >= 0.3 is 6.03 Å². The first kappa shape index (κ1) is 15.1. The van der Waals surface area contributed by atoms with Crippen LogP contribution in [0, 0.1) is 0 Å². The molecule has 1 aliphatic heterocycles. The van der Waals surface area contributed by atoms with E-state index < -0.39 is 6.03 Å². The fourth-order valence-corrected chi connectivity index (χ4v) is 2.23. The molecule has 0 saturated heterocycles. The summed E-state index contributed by atoms with van der Waals surface area (Å²) in [7, 11) is 0. The van der Waals surface area contributed by atoms with E-state index in [1.807, 2.05) is 30.3 Å². The van der Waals surface area contributed by atoms with Crippen molar-refractivity contribution in [2.45, 2.75) is 6.61 Å². The van der Waals surface area contributed by atoms with Crippen molar-refractivity contribution in [3.05, 3.63) is 46.9 Å². The van der Waals surface area contributed by atoms with Gasteiger partial charge in [-0.25, -0.2) is 24.7 Å². The van der Waals surface area contributed by atoms with Crippen LogP contribution in [0.4, 0.5) is 4.79 Å². The highest BCUT2D eigenvalue weighted by Crippen LogP contribution is 2.05. The molecule has 2 heterocycles. The Balaban J connectivity index is 1.93. The number of carbonyl (C=O) groups is 1. The molecular weight excluding hydrogens is 322 g/mol. The lowest BCUT2D eigenvalue weighted by atomic mass is 10.2. The van der Waals surface area contributed by atoms with Crippen molar-refractivity contribution in [3.63, 3.8) is 0 Å². The molecule has 118 valence electrons. The summed E-state index contributed by atoms with van der Waals surface area (Å²) in [6.45, 7) is 0.457. The summed E-state index contributed by atoms with van der Waals surface area (Å²) < 4.78 is 6.61. The number of amides is 1. The molecule has 0 bridgehead atoms. The molecule has 1 aromatic carbocycles. The van der Waals surface area contributed by atoms with Gasteiger partial charge in [0.15, 0.2) is 5.94 Å². The summed E-state index contributed by atoms with van der Waals surface area (Å²) in [6.07, 6.45) is 0. The second kappa shape index (κ2) is 6.51. The molecule has 0 aliphatic carbocycles. The van der Waals surface area contributed by atoms with Crippen molar-refractivity contribution in [1.82, 2.24) is 20.1 Å². The average Bonchev–Trinajstić information content (AvgIpc) is 2.95. The van der Waals surface area contributed by atoms with Crippen LogP contribution in [0.5, 0.6) is 5.88 Å².